The Kier molecular flexibility index (Phi) is 64.2. The van der Waals surface area contributed by atoms with Crippen LogP contribution in [0.25, 0.3) is 0 Å². The third-order valence-electron chi connectivity index (χ3n) is 14.9. The van der Waals surface area contributed by atoms with Crippen molar-refractivity contribution in [3.63, 3.8) is 0 Å². The summed E-state index contributed by atoms with van der Waals surface area (Å²) >= 11 is 0. The van der Waals surface area contributed by atoms with Gasteiger partial charge in [-0.15, -0.1) is 0 Å². The topological polar surface area (TPSA) is 78.9 Å². The smallest absolute Gasteiger partial charge is 0.306 e. The molecule has 0 aliphatic heterocycles. The predicted molar refractivity (Wildman–Crippen MR) is 344 cm³/mol. The summed E-state index contributed by atoms with van der Waals surface area (Å²) in [5.41, 5.74) is 0. The Bertz CT molecular complexity index is 1500. The van der Waals surface area contributed by atoms with Gasteiger partial charge in [-0.2, -0.15) is 0 Å². The van der Waals surface area contributed by atoms with Crippen LogP contribution in [0, 0.1) is 0 Å². The van der Waals surface area contributed by atoms with Crippen molar-refractivity contribution in [2.75, 3.05) is 13.2 Å². The van der Waals surface area contributed by atoms with Gasteiger partial charge in [0.1, 0.15) is 13.2 Å². The van der Waals surface area contributed by atoms with E-state index in [1.807, 2.05) is 0 Å². The summed E-state index contributed by atoms with van der Waals surface area (Å²) < 4.78 is 17.0. The van der Waals surface area contributed by atoms with Crippen LogP contribution in [0.15, 0.2) is 85.1 Å². The van der Waals surface area contributed by atoms with Crippen molar-refractivity contribution in [1.29, 1.82) is 0 Å². The van der Waals surface area contributed by atoms with E-state index in [-0.39, 0.29) is 31.1 Å². The molecule has 0 radical (unpaired) electrons. The number of carbonyl (C=O) groups is 3. The third-order valence-corrected chi connectivity index (χ3v) is 14.9. The molecule has 456 valence electrons. The summed E-state index contributed by atoms with van der Waals surface area (Å²) in [6.45, 7) is 6.49. The summed E-state index contributed by atoms with van der Waals surface area (Å²) in [5.74, 6) is -0.884. The van der Waals surface area contributed by atoms with Gasteiger partial charge in [-0.25, -0.2) is 0 Å². The number of allylic oxidation sites excluding steroid dienone is 14. The van der Waals surface area contributed by atoms with Crippen molar-refractivity contribution in [3.8, 4) is 0 Å². The molecule has 6 heteroatoms. The highest BCUT2D eigenvalue weighted by atomic mass is 16.6. The highest BCUT2D eigenvalue weighted by Crippen LogP contribution is 2.18. The van der Waals surface area contributed by atoms with E-state index in [4.69, 9.17) is 14.2 Å². The van der Waals surface area contributed by atoms with Gasteiger partial charge in [0.05, 0.1) is 0 Å². The van der Waals surface area contributed by atoms with Gasteiger partial charge in [-0.05, 0) is 89.9 Å². The number of unbranched alkanes of at least 4 members (excludes halogenated alkanes) is 37. The van der Waals surface area contributed by atoms with Crippen LogP contribution < -0.4 is 0 Å². The minimum Gasteiger partial charge on any atom is -0.462 e. The van der Waals surface area contributed by atoms with Crippen LogP contribution >= 0.6 is 0 Å². The van der Waals surface area contributed by atoms with Crippen LogP contribution in [0.3, 0.4) is 0 Å². The summed E-state index contributed by atoms with van der Waals surface area (Å²) in [4.78, 5) is 38.4. The summed E-state index contributed by atoms with van der Waals surface area (Å²) in [7, 11) is 0. The van der Waals surface area contributed by atoms with E-state index in [0.29, 0.717) is 19.3 Å². The fourth-order valence-corrected chi connectivity index (χ4v) is 9.80. The minimum atomic E-state index is -0.785. The first-order valence-corrected chi connectivity index (χ1v) is 34.1. The normalized spacial score (nSPS) is 12.6. The van der Waals surface area contributed by atoms with E-state index in [1.165, 1.54) is 180 Å². The Balaban J connectivity index is 4.29. The van der Waals surface area contributed by atoms with Gasteiger partial charge in [-0.1, -0.05) is 318 Å². The van der Waals surface area contributed by atoms with E-state index in [0.717, 1.165) is 122 Å². The molecular formula is C73H128O6. The largest absolute Gasteiger partial charge is 0.462 e. The zero-order valence-electron chi connectivity index (χ0n) is 52.4. The van der Waals surface area contributed by atoms with Gasteiger partial charge < -0.3 is 14.2 Å². The maximum absolute atomic E-state index is 12.9. The second-order valence-corrected chi connectivity index (χ2v) is 22.7. The standard InChI is InChI=1S/C73H128O6/c1-4-7-10-13-16-19-22-25-27-29-31-33-35-36-38-39-41-43-45-48-51-54-57-60-63-66-72(75)78-69-70(68-77-71(74)65-62-59-56-53-50-47-24-21-18-15-12-9-6-3)79-73(76)67-64-61-58-55-52-49-46-44-42-40-37-34-32-30-28-26-23-20-17-14-11-8-5-2/h7,10,12,15-16,19,21,24-25,27,31,33,36,38,70H,4-6,8-9,11,13-14,17-18,20,22-23,26,28-30,32,34-35,37,39-69H2,1-3H3/b10-7-,15-12-,19-16-,24-21-,27-25-,33-31-,38-36-. The molecule has 6 nitrogen and oxygen atoms in total. The highest BCUT2D eigenvalue weighted by Gasteiger charge is 2.19. The lowest BCUT2D eigenvalue weighted by Gasteiger charge is -2.18. The number of ether oxygens (including phenoxy) is 3. The number of rotatable bonds is 62. The van der Waals surface area contributed by atoms with Gasteiger partial charge in [0.15, 0.2) is 6.10 Å². The van der Waals surface area contributed by atoms with Gasteiger partial charge in [0, 0.05) is 19.3 Å². The average Bonchev–Trinajstić information content (AvgIpc) is 3.45. The SMILES string of the molecule is CC/C=C\C/C=C\C/C=C\C/C=C\C/C=C\CCCCCCCCCCCC(=O)OCC(COC(=O)CCCCCCC/C=C\C/C=C\CCC)OC(=O)CCCCCCCCCCCCCCCCCCCCCCCCC. The molecule has 79 heavy (non-hydrogen) atoms. The molecule has 0 fully saturated rings. The van der Waals surface area contributed by atoms with Crippen LogP contribution in [0.5, 0.6) is 0 Å². The number of esters is 3. The molecule has 0 aromatic carbocycles. The molecule has 0 bridgehead atoms. The fourth-order valence-electron chi connectivity index (χ4n) is 9.80. The lowest BCUT2D eigenvalue weighted by Crippen LogP contribution is -2.30. The van der Waals surface area contributed by atoms with Crippen molar-refractivity contribution in [3.05, 3.63) is 85.1 Å². The second-order valence-electron chi connectivity index (χ2n) is 22.7. The maximum Gasteiger partial charge on any atom is 0.306 e. The zero-order valence-corrected chi connectivity index (χ0v) is 52.4. The first-order chi connectivity index (χ1) is 39.0. The van der Waals surface area contributed by atoms with Gasteiger partial charge in [0.2, 0.25) is 0 Å². The molecule has 0 saturated carbocycles. The summed E-state index contributed by atoms with van der Waals surface area (Å²) in [5, 5.41) is 0. The quantitative estimate of drug-likeness (QED) is 0.0261. The lowest BCUT2D eigenvalue weighted by molar-refractivity contribution is -0.167. The fraction of sp³-hybridized carbons (Fsp3) is 0.767. The molecule has 0 saturated heterocycles. The molecule has 0 aliphatic rings. The summed E-state index contributed by atoms with van der Waals surface area (Å²) in [6.07, 6.45) is 88.9. The number of hydrogen-bond acceptors (Lipinski definition) is 6. The Morgan fingerprint density at radius 1 is 0.266 bits per heavy atom. The van der Waals surface area contributed by atoms with Crippen molar-refractivity contribution in [2.24, 2.45) is 0 Å². The predicted octanol–water partition coefficient (Wildman–Crippen LogP) is 23.4. The monoisotopic (exact) mass is 1100 g/mol. The van der Waals surface area contributed by atoms with Crippen LogP contribution in [-0.4, -0.2) is 37.2 Å². The number of carbonyl (C=O) groups excluding carboxylic acids is 3. The van der Waals surface area contributed by atoms with Crippen molar-refractivity contribution in [1.82, 2.24) is 0 Å². The van der Waals surface area contributed by atoms with Crippen LogP contribution in [0.4, 0.5) is 0 Å². The first-order valence-electron chi connectivity index (χ1n) is 34.1. The van der Waals surface area contributed by atoms with Crippen LogP contribution in [0.2, 0.25) is 0 Å². The molecule has 1 atom stereocenters. The van der Waals surface area contributed by atoms with E-state index in [2.05, 4.69) is 106 Å². The molecule has 0 rings (SSSR count). The Labute approximate surface area is 490 Å². The Morgan fingerprint density at radius 3 is 0.823 bits per heavy atom. The van der Waals surface area contributed by atoms with E-state index >= 15 is 0 Å². The van der Waals surface area contributed by atoms with E-state index < -0.39 is 6.10 Å². The molecule has 1 unspecified atom stereocenters. The summed E-state index contributed by atoms with van der Waals surface area (Å²) in [6, 6.07) is 0. The van der Waals surface area contributed by atoms with Gasteiger partial charge in [0.25, 0.3) is 0 Å². The van der Waals surface area contributed by atoms with E-state index in [1.54, 1.807) is 0 Å². The van der Waals surface area contributed by atoms with Crippen LogP contribution in [-0.2, 0) is 28.6 Å². The Hall–Kier alpha value is -3.41. The minimum absolute atomic E-state index is 0.0815. The maximum atomic E-state index is 12.9. The molecular weight excluding hydrogens is 973 g/mol. The molecule has 0 amide bonds. The molecule has 0 aromatic rings. The van der Waals surface area contributed by atoms with Crippen LogP contribution in [0.1, 0.15) is 342 Å². The second kappa shape index (κ2) is 67.1. The van der Waals surface area contributed by atoms with Crippen molar-refractivity contribution < 1.29 is 28.6 Å². The van der Waals surface area contributed by atoms with Crippen molar-refractivity contribution >= 4 is 17.9 Å². The van der Waals surface area contributed by atoms with E-state index in [9.17, 15) is 14.4 Å². The number of hydrogen-bond donors (Lipinski definition) is 0. The molecule has 0 aromatic heterocycles. The molecule has 0 heterocycles. The van der Waals surface area contributed by atoms with Crippen molar-refractivity contribution in [2.45, 2.75) is 348 Å². The zero-order chi connectivity index (χ0) is 57.1. The lowest BCUT2D eigenvalue weighted by atomic mass is 10.0. The molecule has 0 aliphatic carbocycles. The average molecular weight is 1100 g/mol. The molecule has 0 spiro atoms. The Morgan fingerprint density at radius 2 is 0.519 bits per heavy atom. The van der Waals surface area contributed by atoms with Gasteiger partial charge >= 0.3 is 17.9 Å². The highest BCUT2D eigenvalue weighted by molar-refractivity contribution is 5.71. The molecule has 0 N–H and O–H groups in total. The third kappa shape index (κ3) is 65.3. The first kappa shape index (κ1) is 75.6. The van der Waals surface area contributed by atoms with Gasteiger partial charge in [-0.3, -0.25) is 14.4 Å².